The summed E-state index contributed by atoms with van der Waals surface area (Å²) in [4.78, 5) is 5.02. The Hall–Kier alpha value is -0.860. The van der Waals surface area contributed by atoms with Crippen LogP contribution in [-0.4, -0.2) is 43.0 Å². The second-order valence-corrected chi connectivity index (χ2v) is 6.30. The van der Waals surface area contributed by atoms with Crippen molar-refractivity contribution in [3.63, 3.8) is 0 Å². The summed E-state index contributed by atoms with van der Waals surface area (Å²) in [6, 6.07) is 9.46. The Labute approximate surface area is 117 Å². The van der Waals surface area contributed by atoms with Crippen molar-refractivity contribution in [2.24, 2.45) is 0 Å². The first-order chi connectivity index (χ1) is 9.31. The first-order valence-electron chi connectivity index (χ1n) is 7.81. The van der Waals surface area contributed by atoms with Gasteiger partial charge in [0.25, 0.3) is 0 Å². The van der Waals surface area contributed by atoms with E-state index < -0.39 is 0 Å². The lowest BCUT2D eigenvalue weighted by atomic mass is 9.89. The summed E-state index contributed by atoms with van der Waals surface area (Å²) in [7, 11) is 2.23. The van der Waals surface area contributed by atoms with Gasteiger partial charge in [0, 0.05) is 6.54 Å². The minimum atomic E-state index is 0.789. The van der Waals surface area contributed by atoms with E-state index in [-0.39, 0.29) is 0 Å². The first-order valence-corrected chi connectivity index (χ1v) is 7.81. The Morgan fingerprint density at radius 2 is 1.58 bits per heavy atom. The molecule has 0 N–H and O–H groups in total. The molecule has 104 valence electrons. The molecule has 0 radical (unpaired) electrons. The van der Waals surface area contributed by atoms with Crippen LogP contribution < -0.4 is 0 Å². The van der Waals surface area contributed by atoms with Gasteiger partial charge in [0.15, 0.2) is 0 Å². The summed E-state index contributed by atoms with van der Waals surface area (Å²) in [6.07, 6.45) is 5.41. The van der Waals surface area contributed by atoms with Gasteiger partial charge in [-0.05, 0) is 76.0 Å². The van der Waals surface area contributed by atoms with E-state index in [0.717, 1.165) is 12.5 Å². The number of piperidine rings is 1. The summed E-state index contributed by atoms with van der Waals surface area (Å²) in [6.45, 7) is 6.22. The minimum Gasteiger partial charge on any atom is -0.306 e. The summed E-state index contributed by atoms with van der Waals surface area (Å²) >= 11 is 0. The molecule has 0 bridgehead atoms. The van der Waals surface area contributed by atoms with Crippen LogP contribution in [0.15, 0.2) is 24.3 Å². The standard InChI is InChI=1S/C17H26N2/c1-18-12-8-17(9-13-18)16-6-4-15(5-7-16)14-19-10-2-3-11-19/h4-7,17H,2-3,8-14H2,1H3. The molecule has 0 saturated carbocycles. The Kier molecular flexibility index (Phi) is 4.19. The average molecular weight is 258 g/mol. The van der Waals surface area contributed by atoms with Crippen LogP contribution in [0, 0.1) is 0 Å². The zero-order valence-corrected chi connectivity index (χ0v) is 12.1. The van der Waals surface area contributed by atoms with E-state index in [4.69, 9.17) is 0 Å². The molecule has 3 rings (SSSR count). The van der Waals surface area contributed by atoms with Gasteiger partial charge in [0.1, 0.15) is 0 Å². The summed E-state index contributed by atoms with van der Waals surface area (Å²) in [5, 5.41) is 0. The number of hydrogen-bond acceptors (Lipinski definition) is 2. The number of hydrogen-bond donors (Lipinski definition) is 0. The molecule has 2 nitrogen and oxygen atoms in total. The van der Waals surface area contributed by atoms with E-state index in [1.54, 1.807) is 5.56 Å². The van der Waals surface area contributed by atoms with E-state index in [1.807, 2.05) is 0 Å². The van der Waals surface area contributed by atoms with Crippen LogP contribution in [0.3, 0.4) is 0 Å². The molecule has 0 amide bonds. The lowest BCUT2D eigenvalue weighted by molar-refractivity contribution is 0.255. The smallest absolute Gasteiger partial charge is 0.0233 e. The average Bonchev–Trinajstić information content (AvgIpc) is 2.94. The van der Waals surface area contributed by atoms with Gasteiger partial charge in [-0.3, -0.25) is 4.90 Å². The van der Waals surface area contributed by atoms with Crippen LogP contribution in [-0.2, 0) is 6.54 Å². The molecule has 0 spiro atoms. The normalized spacial score (nSPS) is 23.0. The molecule has 2 heteroatoms. The molecular formula is C17H26N2. The van der Waals surface area contributed by atoms with Gasteiger partial charge < -0.3 is 4.90 Å². The van der Waals surface area contributed by atoms with Crippen molar-refractivity contribution in [3.8, 4) is 0 Å². The van der Waals surface area contributed by atoms with Gasteiger partial charge in [-0.25, -0.2) is 0 Å². The van der Waals surface area contributed by atoms with Crippen molar-refractivity contribution in [1.29, 1.82) is 0 Å². The number of benzene rings is 1. The zero-order valence-electron chi connectivity index (χ0n) is 12.1. The van der Waals surface area contributed by atoms with Gasteiger partial charge >= 0.3 is 0 Å². The quantitative estimate of drug-likeness (QED) is 0.822. The van der Waals surface area contributed by atoms with E-state index >= 15 is 0 Å². The van der Waals surface area contributed by atoms with Crippen molar-refractivity contribution in [2.45, 2.75) is 38.1 Å². The fraction of sp³-hybridized carbons (Fsp3) is 0.647. The molecule has 2 heterocycles. The van der Waals surface area contributed by atoms with E-state index in [1.165, 1.54) is 57.4 Å². The van der Waals surface area contributed by atoms with Crippen LogP contribution in [0.25, 0.3) is 0 Å². The molecular weight excluding hydrogens is 232 g/mol. The lowest BCUT2D eigenvalue weighted by Crippen LogP contribution is -2.29. The zero-order chi connectivity index (χ0) is 13.1. The van der Waals surface area contributed by atoms with Gasteiger partial charge in [-0.2, -0.15) is 0 Å². The molecule has 0 unspecified atom stereocenters. The number of rotatable bonds is 3. The van der Waals surface area contributed by atoms with Gasteiger partial charge in [0.05, 0.1) is 0 Å². The molecule has 1 aromatic rings. The van der Waals surface area contributed by atoms with Crippen molar-refractivity contribution in [3.05, 3.63) is 35.4 Å². The predicted molar refractivity (Wildman–Crippen MR) is 80.4 cm³/mol. The molecule has 0 aliphatic carbocycles. The second-order valence-electron chi connectivity index (χ2n) is 6.30. The Balaban J connectivity index is 1.58. The van der Waals surface area contributed by atoms with Crippen LogP contribution in [0.4, 0.5) is 0 Å². The largest absolute Gasteiger partial charge is 0.306 e. The highest BCUT2D eigenvalue weighted by Crippen LogP contribution is 2.27. The highest BCUT2D eigenvalue weighted by Gasteiger charge is 2.18. The molecule has 2 fully saturated rings. The Morgan fingerprint density at radius 3 is 2.21 bits per heavy atom. The van der Waals surface area contributed by atoms with Crippen molar-refractivity contribution < 1.29 is 0 Å². The van der Waals surface area contributed by atoms with E-state index in [9.17, 15) is 0 Å². The van der Waals surface area contributed by atoms with Crippen LogP contribution in [0.2, 0.25) is 0 Å². The fourth-order valence-electron chi connectivity index (χ4n) is 3.44. The Bertz CT molecular complexity index is 384. The molecule has 0 atom stereocenters. The molecule has 2 saturated heterocycles. The van der Waals surface area contributed by atoms with Crippen LogP contribution in [0.1, 0.15) is 42.7 Å². The molecule has 19 heavy (non-hydrogen) atoms. The van der Waals surface area contributed by atoms with Crippen LogP contribution >= 0.6 is 0 Å². The fourth-order valence-corrected chi connectivity index (χ4v) is 3.44. The third-order valence-electron chi connectivity index (χ3n) is 4.77. The topological polar surface area (TPSA) is 6.48 Å². The molecule has 2 aliphatic heterocycles. The molecule has 1 aromatic carbocycles. The third kappa shape index (κ3) is 3.37. The number of nitrogens with zero attached hydrogens (tertiary/aromatic N) is 2. The second kappa shape index (κ2) is 6.06. The maximum atomic E-state index is 2.57. The lowest BCUT2D eigenvalue weighted by Gasteiger charge is -2.29. The van der Waals surface area contributed by atoms with E-state index in [2.05, 4.69) is 41.1 Å². The SMILES string of the molecule is CN1CCC(c2ccc(CN3CCCC3)cc2)CC1. The van der Waals surface area contributed by atoms with Gasteiger partial charge in [-0.15, -0.1) is 0 Å². The van der Waals surface area contributed by atoms with Crippen LogP contribution in [0.5, 0.6) is 0 Å². The summed E-state index contributed by atoms with van der Waals surface area (Å²) in [5.74, 6) is 0.789. The third-order valence-corrected chi connectivity index (χ3v) is 4.77. The first kappa shape index (κ1) is 13.1. The van der Waals surface area contributed by atoms with E-state index in [0.29, 0.717) is 0 Å². The summed E-state index contributed by atoms with van der Waals surface area (Å²) < 4.78 is 0. The maximum Gasteiger partial charge on any atom is 0.0233 e. The monoisotopic (exact) mass is 258 g/mol. The molecule has 0 aromatic heterocycles. The van der Waals surface area contributed by atoms with Gasteiger partial charge in [0.2, 0.25) is 0 Å². The minimum absolute atomic E-state index is 0.789. The highest BCUT2D eigenvalue weighted by atomic mass is 15.1. The maximum absolute atomic E-state index is 2.57. The molecule has 2 aliphatic rings. The summed E-state index contributed by atoms with van der Waals surface area (Å²) in [5.41, 5.74) is 3.04. The van der Waals surface area contributed by atoms with Crippen molar-refractivity contribution in [1.82, 2.24) is 9.80 Å². The Morgan fingerprint density at radius 1 is 0.947 bits per heavy atom. The van der Waals surface area contributed by atoms with Gasteiger partial charge in [-0.1, -0.05) is 24.3 Å². The predicted octanol–water partition coefficient (Wildman–Crippen LogP) is 3.09. The van der Waals surface area contributed by atoms with Crippen molar-refractivity contribution in [2.75, 3.05) is 33.2 Å². The van der Waals surface area contributed by atoms with Crippen molar-refractivity contribution >= 4 is 0 Å². The highest BCUT2D eigenvalue weighted by molar-refractivity contribution is 5.26. The number of likely N-dealkylation sites (tertiary alicyclic amines) is 2.